The summed E-state index contributed by atoms with van der Waals surface area (Å²) in [5.41, 5.74) is 2.45. The van der Waals surface area contributed by atoms with Gasteiger partial charge in [-0.3, -0.25) is 4.79 Å². The molecule has 0 spiro atoms. The number of rotatable bonds is 4. The number of hydrogen-bond acceptors (Lipinski definition) is 3. The molecular weight excluding hydrogens is 220 g/mol. The van der Waals surface area contributed by atoms with Gasteiger partial charge in [0, 0.05) is 4.90 Å². The zero-order valence-electron chi connectivity index (χ0n) is 10.2. The lowest BCUT2D eigenvalue weighted by Gasteiger charge is -2.12. The fraction of sp³-hybridized carbons (Fsp3) is 0.462. The number of aryl methyl sites for hydroxylation is 2. The first kappa shape index (κ1) is 13.1. The van der Waals surface area contributed by atoms with Crippen LogP contribution in [0.5, 0.6) is 0 Å². The summed E-state index contributed by atoms with van der Waals surface area (Å²) in [7, 11) is 0. The van der Waals surface area contributed by atoms with E-state index < -0.39 is 0 Å². The Morgan fingerprint density at radius 2 is 2.12 bits per heavy atom. The molecule has 0 fully saturated rings. The van der Waals surface area contributed by atoms with E-state index in [9.17, 15) is 4.79 Å². The van der Waals surface area contributed by atoms with E-state index in [1.54, 1.807) is 11.8 Å². The van der Waals surface area contributed by atoms with Gasteiger partial charge in [-0.05, 0) is 39.3 Å². The van der Waals surface area contributed by atoms with E-state index in [1.807, 2.05) is 13.8 Å². The van der Waals surface area contributed by atoms with E-state index in [4.69, 9.17) is 4.74 Å². The second-order valence-electron chi connectivity index (χ2n) is 3.78. The Morgan fingerprint density at radius 3 is 2.69 bits per heavy atom. The zero-order valence-corrected chi connectivity index (χ0v) is 11.1. The van der Waals surface area contributed by atoms with Crippen LogP contribution in [0.4, 0.5) is 0 Å². The minimum atomic E-state index is -0.152. The molecule has 0 aromatic heterocycles. The molecule has 1 aromatic carbocycles. The molecular formula is C13H18O2S. The van der Waals surface area contributed by atoms with Crippen LogP contribution in [0, 0.1) is 13.8 Å². The third kappa shape index (κ3) is 3.56. The number of carbonyl (C=O) groups excluding carboxylic acids is 1. The quantitative estimate of drug-likeness (QED) is 0.594. The maximum Gasteiger partial charge on any atom is 0.319 e. The first-order valence-corrected chi connectivity index (χ1v) is 6.33. The van der Waals surface area contributed by atoms with Gasteiger partial charge in [0.05, 0.1) is 6.61 Å². The van der Waals surface area contributed by atoms with Crippen molar-refractivity contribution >= 4 is 17.7 Å². The highest BCUT2D eigenvalue weighted by Crippen LogP contribution is 2.27. The molecule has 0 amide bonds. The van der Waals surface area contributed by atoms with Crippen LogP contribution in [-0.4, -0.2) is 17.8 Å². The summed E-state index contributed by atoms with van der Waals surface area (Å²) in [6, 6.07) is 6.25. The van der Waals surface area contributed by atoms with Crippen molar-refractivity contribution in [3.63, 3.8) is 0 Å². The number of thioether (sulfide) groups is 1. The molecule has 0 aliphatic carbocycles. The second-order valence-corrected chi connectivity index (χ2v) is 5.16. The van der Waals surface area contributed by atoms with Crippen molar-refractivity contribution in [1.29, 1.82) is 0 Å². The average Bonchev–Trinajstić information content (AvgIpc) is 2.22. The number of esters is 1. The van der Waals surface area contributed by atoms with Crippen LogP contribution in [0.1, 0.15) is 25.0 Å². The number of carbonyl (C=O) groups is 1. The Hall–Kier alpha value is -0.960. The Morgan fingerprint density at radius 1 is 1.44 bits per heavy atom. The number of ether oxygens (including phenoxy) is 1. The van der Waals surface area contributed by atoms with Crippen LogP contribution in [-0.2, 0) is 9.53 Å². The van der Waals surface area contributed by atoms with E-state index in [-0.39, 0.29) is 11.2 Å². The summed E-state index contributed by atoms with van der Waals surface area (Å²) in [6.45, 7) is 8.27. The molecule has 88 valence electrons. The van der Waals surface area contributed by atoms with E-state index in [2.05, 4.69) is 32.0 Å². The molecule has 0 saturated carbocycles. The second kappa shape index (κ2) is 5.94. The maximum atomic E-state index is 11.5. The highest BCUT2D eigenvalue weighted by Gasteiger charge is 2.16. The van der Waals surface area contributed by atoms with Gasteiger partial charge in [0.2, 0.25) is 0 Å². The molecule has 3 heteroatoms. The van der Waals surface area contributed by atoms with Crippen molar-refractivity contribution in [2.24, 2.45) is 0 Å². The monoisotopic (exact) mass is 238 g/mol. The smallest absolute Gasteiger partial charge is 0.319 e. The maximum absolute atomic E-state index is 11.5. The minimum Gasteiger partial charge on any atom is -0.465 e. The molecule has 0 bridgehead atoms. The highest BCUT2D eigenvalue weighted by molar-refractivity contribution is 8.00. The van der Waals surface area contributed by atoms with Crippen molar-refractivity contribution in [3.05, 3.63) is 29.3 Å². The third-order valence-corrected chi connectivity index (χ3v) is 3.51. The molecule has 16 heavy (non-hydrogen) atoms. The number of hydrogen-bond donors (Lipinski definition) is 0. The Kier molecular flexibility index (Phi) is 4.87. The first-order chi connectivity index (χ1) is 7.54. The van der Waals surface area contributed by atoms with Gasteiger partial charge in [0.15, 0.2) is 0 Å². The molecule has 0 aliphatic rings. The summed E-state index contributed by atoms with van der Waals surface area (Å²) >= 11 is 1.55. The minimum absolute atomic E-state index is 0.146. The molecule has 1 unspecified atom stereocenters. The van der Waals surface area contributed by atoms with E-state index >= 15 is 0 Å². The lowest BCUT2D eigenvalue weighted by molar-refractivity contribution is -0.142. The Balaban J connectivity index is 2.69. The van der Waals surface area contributed by atoms with Crippen molar-refractivity contribution in [3.8, 4) is 0 Å². The van der Waals surface area contributed by atoms with Crippen LogP contribution in [0.25, 0.3) is 0 Å². The van der Waals surface area contributed by atoms with Crippen LogP contribution in [0.2, 0.25) is 0 Å². The predicted molar refractivity (Wildman–Crippen MR) is 67.9 cm³/mol. The SMILES string of the molecule is CCOC(=O)C(C)Sc1ccc(C)cc1C. The van der Waals surface area contributed by atoms with Gasteiger partial charge < -0.3 is 4.74 Å². The topological polar surface area (TPSA) is 26.3 Å². The van der Waals surface area contributed by atoms with Gasteiger partial charge in [-0.2, -0.15) is 0 Å². The molecule has 1 aromatic rings. The fourth-order valence-corrected chi connectivity index (χ4v) is 2.37. The molecule has 0 saturated heterocycles. The molecule has 2 nitrogen and oxygen atoms in total. The van der Waals surface area contributed by atoms with Gasteiger partial charge in [0.25, 0.3) is 0 Å². The van der Waals surface area contributed by atoms with Gasteiger partial charge in [-0.15, -0.1) is 11.8 Å². The van der Waals surface area contributed by atoms with Crippen LogP contribution in [0.3, 0.4) is 0 Å². The predicted octanol–water partition coefficient (Wildman–Crippen LogP) is 3.35. The molecule has 1 atom stereocenters. The van der Waals surface area contributed by atoms with Crippen molar-refractivity contribution in [2.75, 3.05) is 6.61 Å². The van der Waals surface area contributed by atoms with Crippen molar-refractivity contribution < 1.29 is 9.53 Å². The zero-order chi connectivity index (χ0) is 12.1. The van der Waals surface area contributed by atoms with Crippen molar-refractivity contribution in [1.82, 2.24) is 0 Å². The van der Waals surface area contributed by atoms with Crippen LogP contribution < -0.4 is 0 Å². The fourth-order valence-electron chi connectivity index (χ4n) is 1.43. The summed E-state index contributed by atoms with van der Waals surface area (Å²) in [5.74, 6) is -0.146. The molecule has 1 rings (SSSR count). The molecule has 0 heterocycles. The Bertz CT molecular complexity index is 374. The highest BCUT2D eigenvalue weighted by atomic mass is 32.2. The standard InChI is InChI=1S/C13H18O2S/c1-5-15-13(14)11(4)16-12-7-6-9(2)8-10(12)3/h6-8,11H,5H2,1-4H3. The molecule has 0 aliphatic heterocycles. The lowest BCUT2D eigenvalue weighted by Crippen LogP contribution is -2.16. The van der Waals surface area contributed by atoms with Gasteiger partial charge >= 0.3 is 5.97 Å². The van der Waals surface area contributed by atoms with Gasteiger partial charge in [-0.25, -0.2) is 0 Å². The summed E-state index contributed by atoms with van der Waals surface area (Å²) in [6.07, 6.45) is 0. The Labute approximate surface area is 101 Å². The van der Waals surface area contributed by atoms with E-state index in [0.717, 1.165) is 4.90 Å². The lowest BCUT2D eigenvalue weighted by atomic mass is 10.2. The summed E-state index contributed by atoms with van der Waals surface area (Å²) in [5, 5.41) is -0.152. The number of benzene rings is 1. The largest absolute Gasteiger partial charge is 0.465 e. The van der Waals surface area contributed by atoms with Crippen LogP contribution in [0.15, 0.2) is 23.1 Å². The summed E-state index contributed by atoms with van der Waals surface area (Å²) in [4.78, 5) is 12.6. The molecule has 0 N–H and O–H groups in total. The average molecular weight is 238 g/mol. The third-order valence-electron chi connectivity index (χ3n) is 2.25. The van der Waals surface area contributed by atoms with Gasteiger partial charge in [0.1, 0.15) is 5.25 Å². The van der Waals surface area contributed by atoms with Crippen molar-refractivity contribution in [2.45, 2.75) is 37.8 Å². The molecule has 0 radical (unpaired) electrons. The van der Waals surface area contributed by atoms with Gasteiger partial charge in [-0.1, -0.05) is 17.7 Å². The first-order valence-electron chi connectivity index (χ1n) is 5.45. The van der Waals surface area contributed by atoms with Crippen LogP contribution >= 0.6 is 11.8 Å². The van der Waals surface area contributed by atoms with E-state index in [0.29, 0.717) is 6.61 Å². The summed E-state index contributed by atoms with van der Waals surface area (Å²) < 4.78 is 4.98. The normalized spacial score (nSPS) is 12.2. The van der Waals surface area contributed by atoms with E-state index in [1.165, 1.54) is 11.1 Å².